The van der Waals surface area contributed by atoms with Crippen LogP contribution in [0.2, 0.25) is 0 Å². The average Bonchev–Trinajstić information content (AvgIpc) is 1.95. The SMILES string of the molecule is COC1=CC(O)N(C)N=C1. The lowest BCUT2D eigenvalue weighted by atomic mass is 10.4. The zero-order chi connectivity index (χ0) is 7.56. The Balaban J connectivity index is 2.66. The summed E-state index contributed by atoms with van der Waals surface area (Å²) in [6.45, 7) is 0. The van der Waals surface area contributed by atoms with Crippen molar-refractivity contribution < 1.29 is 9.84 Å². The van der Waals surface area contributed by atoms with Crippen LogP contribution in [0, 0.1) is 0 Å². The van der Waals surface area contributed by atoms with E-state index in [1.54, 1.807) is 19.3 Å². The van der Waals surface area contributed by atoms with Crippen molar-refractivity contribution in [3.8, 4) is 0 Å². The molecular weight excluding hydrogens is 132 g/mol. The molecule has 1 rings (SSSR count). The van der Waals surface area contributed by atoms with Crippen LogP contribution in [0.5, 0.6) is 0 Å². The molecule has 10 heavy (non-hydrogen) atoms. The number of likely N-dealkylation sites (N-methyl/N-ethyl adjacent to an activating group) is 1. The highest BCUT2D eigenvalue weighted by atomic mass is 16.5. The summed E-state index contributed by atoms with van der Waals surface area (Å²) in [5.41, 5.74) is 0. The number of ether oxygens (including phenoxy) is 1. The number of methoxy groups -OCH3 is 1. The smallest absolute Gasteiger partial charge is 0.165 e. The first-order valence-corrected chi connectivity index (χ1v) is 2.94. The van der Waals surface area contributed by atoms with Crippen LogP contribution in [0.4, 0.5) is 0 Å². The average molecular weight is 142 g/mol. The van der Waals surface area contributed by atoms with E-state index in [0.29, 0.717) is 5.76 Å². The second-order valence-electron chi connectivity index (χ2n) is 2.01. The fourth-order valence-corrected chi connectivity index (χ4v) is 0.635. The first-order chi connectivity index (χ1) is 4.74. The molecule has 1 aliphatic rings. The van der Waals surface area contributed by atoms with E-state index in [1.807, 2.05) is 0 Å². The molecule has 1 unspecified atom stereocenters. The molecule has 1 aliphatic heterocycles. The van der Waals surface area contributed by atoms with Crippen molar-refractivity contribution in [1.29, 1.82) is 0 Å². The highest BCUT2D eigenvalue weighted by molar-refractivity contribution is 5.76. The number of aliphatic hydroxyl groups is 1. The molecule has 1 heterocycles. The van der Waals surface area contributed by atoms with Crippen molar-refractivity contribution in [3.05, 3.63) is 11.8 Å². The number of aliphatic hydroxyl groups excluding tert-OH is 1. The summed E-state index contributed by atoms with van der Waals surface area (Å²) in [5.74, 6) is 0.589. The molecule has 0 saturated carbocycles. The lowest BCUT2D eigenvalue weighted by molar-refractivity contribution is 0.0588. The van der Waals surface area contributed by atoms with Gasteiger partial charge in [0.2, 0.25) is 0 Å². The van der Waals surface area contributed by atoms with Crippen LogP contribution >= 0.6 is 0 Å². The molecule has 1 atom stereocenters. The van der Waals surface area contributed by atoms with E-state index in [4.69, 9.17) is 9.84 Å². The third-order valence-corrected chi connectivity index (χ3v) is 1.30. The summed E-state index contributed by atoms with van der Waals surface area (Å²) in [5, 5.41) is 14.4. The van der Waals surface area contributed by atoms with Crippen molar-refractivity contribution in [1.82, 2.24) is 5.01 Å². The number of rotatable bonds is 1. The molecule has 56 valence electrons. The van der Waals surface area contributed by atoms with E-state index in [1.165, 1.54) is 12.1 Å². The molecule has 0 radical (unpaired) electrons. The fourth-order valence-electron chi connectivity index (χ4n) is 0.635. The van der Waals surface area contributed by atoms with E-state index >= 15 is 0 Å². The summed E-state index contributed by atoms with van der Waals surface area (Å²) < 4.78 is 4.84. The van der Waals surface area contributed by atoms with Gasteiger partial charge >= 0.3 is 0 Å². The van der Waals surface area contributed by atoms with Crippen molar-refractivity contribution in [3.63, 3.8) is 0 Å². The molecule has 0 aromatic rings. The molecular formula is C6H10N2O2. The van der Waals surface area contributed by atoms with Gasteiger partial charge in [-0.25, -0.2) is 0 Å². The predicted molar refractivity (Wildman–Crippen MR) is 37.4 cm³/mol. The fraction of sp³-hybridized carbons (Fsp3) is 0.500. The molecule has 0 aromatic heterocycles. The van der Waals surface area contributed by atoms with Crippen LogP contribution in [0.25, 0.3) is 0 Å². The van der Waals surface area contributed by atoms with Gasteiger partial charge in [0.05, 0.1) is 13.3 Å². The third kappa shape index (κ3) is 1.27. The second-order valence-corrected chi connectivity index (χ2v) is 2.01. The number of hydrogen-bond acceptors (Lipinski definition) is 4. The molecule has 0 amide bonds. The van der Waals surface area contributed by atoms with Gasteiger partial charge in [-0.2, -0.15) is 5.10 Å². The first-order valence-electron chi connectivity index (χ1n) is 2.94. The van der Waals surface area contributed by atoms with Gasteiger partial charge in [-0.3, -0.25) is 5.01 Å². The van der Waals surface area contributed by atoms with Gasteiger partial charge in [0.1, 0.15) is 5.76 Å². The van der Waals surface area contributed by atoms with Crippen molar-refractivity contribution >= 4 is 6.21 Å². The van der Waals surface area contributed by atoms with Gasteiger partial charge < -0.3 is 9.84 Å². The second kappa shape index (κ2) is 2.70. The molecule has 1 N–H and O–H groups in total. The van der Waals surface area contributed by atoms with E-state index < -0.39 is 6.23 Å². The number of nitrogens with zero attached hydrogens (tertiary/aromatic N) is 2. The van der Waals surface area contributed by atoms with Crippen molar-refractivity contribution in [2.45, 2.75) is 6.23 Å². The molecule has 4 heteroatoms. The first kappa shape index (κ1) is 7.08. The van der Waals surface area contributed by atoms with Crippen LogP contribution in [0.1, 0.15) is 0 Å². The minimum absolute atomic E-state index is 0.589. The minimum Gasteiger partial charge on any atom is -0.495 e. The van der Waals surface area contributed by atoms with Crippen molar-refractivity contribution in [2.24, 2.45) is 5.10 Å². The number of allylic oxidation sites excluding steroid dienone is 1. The van der Waals surface area contributed by atoms with Gasteiger partial charge in [0.25, 0.3) is 0 Å². The summed E-state index contributed by atoms with van der Waals surface area (Å²) in [7, 11) is 3.22. The molecule has 0 fully saturated rings. The Kier molecular flexibility index (Phi) is 1.91. The predicted octanol–water partition coefficient (Wildman–Crippen LogP) is -0.234. The summed E-state index contributed by atoms with van der Waals surface area (Å²) in [6, 6.07) is 0. The van der Waals surface area contributed by atoms with Gasteiger partial charge in [0.15, 0.2) is 6.23 Å². The highest BCUT2D eigenvalue weighted by Crippen LogP contribution is 2.05. The topological polar surface area (TPSA) is 45.1 Å². The van der Waals surface area contributed by atoms with Gasteiger partial charge in [-0.15, -0.1) is 0 Å². The standard InChI is InChI=1S/C6H10N2O2/c1-8-6(9)3-5(10-2)4-7-8/h3-4,6,9H,1-2H3. The largest absolute Gasteiger partial charge is 0.495 e. The lowest BCUT2D eigenvalue weighted by Crippen LogP contribution is -2.28. The summed E-state index contributed by atoms with van der Waals surface area (Å²) >= 11 is 0. The van der Waals surface area contributed by atoms with Gasteiger partial charge in [-0.1, -0.05) is 0 Å². The molecule has 0 spiro atoms. The highest BCUT2D eigenvalue weighted by Gasteiger charge is 2.10. The van der Waals surface area contributed by atoms with Crippen LogP contribution < -0.4 is 0 Å². The van der Waals surface area contributed by atoms with E-state index in [9.17, 15) is 0 Å². The van der Waals surface area contributed by atoms with Crippen LogP contribution in [-0.4, -0.2) is 36.7 Å². The maximum absolute atomic E-state index is 9.14. The number of hydrogen-bond donors (Lipinski definition) is 1. The normalized spacial score (nSPS) is 24.5. The molecule has 0 bridgehead atoms. The van der Waals surface area contributed by atoms with Crippen LogP contribution in [0.15, 0.2) is 16.9 Å². The zero-order valence-corrected chi connectivity index (χ0v) is 5.98. The Labute approximate surface area is 59.4 Å². The molecule has 0 aliphatic carbocycles. The quantitative estimate of drug-likeness (QED) is 0.550. The van der Waals surface area contributed by atoms with E-state index in [0.717, 1.165) is 0 Å². The Morgan fingerprint density at radius 3 is 3.00 bits per heavy atom. The maximum atomic E-state index is 9.14. The van der Waals surface area contributed by atoms with E-state index in [-0.39, 0.29) is 0 Å². The Bertz CT molecular complexity index is 177. The molecule has 4 nitrogen and oxygen atoms in total. The third-order valence-electron chi connectivity index (χ3n) is 1.30. The number of hydrazone groups is 1. The monoisotopic (exact) mass is 142 g/mol. The Hall–Kier alpha value is -1.03. The Morgan fingerprint density at radius 1 is 1.80 bits per heavy atom. The maximum Gasteiger partial charge on any atom is 0.165 e. The summed E-state index contributed by atoms with van der Waals surface area (Å²) in [4.78, 5) is 0. The van der Waals surface area contributed by atoms with E-state index in [2.05, 4.69) is 5.10 Å². The minimum atomic E-state index is -0.667. The van der Waals surface area contributed by atoms with Crippen molar-refractivity contribution in [2.75, 3.05) is 14.2 Å². The van der Waals surface area contributed by atoms with Crippen LogP contribution in [0.3, 0.4) is 0 Å². The van der Waals surface area contributed by atoms with Crippen LogP contribution in [-0.2, 0) is 4.74 Å². The lowest BCUT2D eigenvalue weighted by Gasteiger charge is -2.20. The Morgan fingerprint density at radius 2 is 2.50 bits per heavy atom. The summed E-state index contributed by atoms with van der Waals surface area (Å²) in [6.07, 6.45) is 2.46. The molecule has 0 aromatic carbocycles. The van der Waals surface area contributed by atoms with Gasteiger partial charge in [-0.05, 0) is 0 Å². The molecule has 0 saturated heterocycles. The van der Waals surface area contributed by atoms with Gasteiger partial charge in [0, 0.05) is 13.1 Å². The zero-order valence-electron chi connectivity index (χ0n) is 5.98.